The number of amides is 1. The monoisotopic (exact) mass is 303 g/mol. The van der Waals surface area contributed by atoms with E-state index >= 15 is 0 Å². The number of carbonyl (C=O) groups excluding carboxylic acids is 1. The van der Waals surface area contributed by atoms with Gasteiger partial charge in [0.2, 0.25) is 7.37 Å². The second kappa shape index (κ2) is 6.70. The lowest BCUT2D eigenvalue weighted by atomic mass is 10.1. The number of carbonyl (C=O) groups is 1. The third-order valence-corrected chi connectivity index (χ3v) is 4.65. The number of hydrogen-bond donors (Lipinski definition) is 2. The zero-order valence-electron chi connectivity index (χ0n) is 11.8. The molecule has 0 radical (unpaired) electrons. The molecule has 0 saturated heterocycles. The topological polar surface area (TPSA) is 66.4 Å². The van der Waals surface area contributed by atoms with Crippen molar-refractivity contribution in [1.82, 2.24) is 5.32 Å². The summed E-state index contributed by atoms with van der Waals surface area (Å²) in [5.74, 6) is -1.14. The Hall–Kier alpha value is -1.90. The summed E-state index contributed by atoms with van der Waals surface area (Å²) >= 11 is 0. The van der Waals surface area contributed by atoms with Crippen LogP contribution in [0.3, 0.4) is 0 Å². The summed E-state index contributed by atoms with van der Waals surface area (Å²) in [4.78, 5) is 22.0. The molecular formula is C16H18NO3P. The van der Waals surface area contributed by atoms with Crippen molar-refractivity contribution in [2.24, 2.45) is 0 Å². The quantitative estimate of drug-likeness (QED) is 0.835. The molecule has 0 aliphatic rings. The lowest BCUT2D eigenvalue weighted by Gasteiger charge is -2.21. The first-order chi connectivity index (χ1) is 9.97. The minimum atomic E-state index is -3.45. The van der Waals surface area contributed by atoms with E-state index in [1.54, 1.807) is 24.3 Å². The van der Waals surface area contributed by atoms with Crippen molar-refractivity contribution in [1.29, 1.82) is 0 Å². The predicted molar refractivity (Wildman–Crippen MR) is 83.6 cm³/mol. The zero-order chi connectivity index (χ0) is 15.3. The SMILES string of the molecule is CP(=O)(O)[C@@H](Cc1ccccc1)NC(=O)c1ccccc1. The Morgan fingerprint density at radius 2 is 1.62 bits per heavy atom. The molecule has 2 rings (SSSR count). The Bertz CT molecular complexity index is 637. The van der Waals surface area contributed by atoms with Gasteiger partial charge in [0.05, 0.1) is 0 Å². The molecule has 0 saturated carbocycles. The van der Waals surface area contributed by atoms with E-state index in [1.807, 2.05) is 36.4 Å². The van der Waals surface area contributed by atoms with Crippen LogP contribution in [0.5, 0.6) is 0 Å². The second-order valence-electron chi connectivity index (χ2n) is 4.99. The molecule has 0 aromatic heterocycles. The van der Waals surface area contributed by atoms with Crippen molar-refractivity contribution in [3.05, 3.63) is 71.8 Å². The summed E-state index contributed by atoms with van der Waals surface area (Å²) < 4.78 is 12.0. The van der Waals surface area contributed by atoms with E-state index in [4.69, 9.17) is 0 Å². The van der Waals surface area contributed by atoms with Crippen molar-refractivity contribution in [2.75, 3.05) is 6.66 Å². The van der Waals surface area contributed by atoms with E-state index in [2.05, 4.69) is 5.32 Å². The van der Waals surface area contributed by atoms with E-state index in [9.17, 15) is 14.3 Å². The minimum absolute atomic E-state index is 0.323. The molecule has 21 heavy (non-hydrogen) atoms. The van der Waals surface area contributed by atoms with Crippen LogP contribution in [-0.2, 0) is 11.0 Å². The lowest BCUT2D eigenvalue weighted by molar-refractivity contribution is 0.0946. The Labute approximate surface area is 124 Å². The maximum Gasteiger partial charge on any atom is 0.251 e. The van der Waals surface area contributed by atoms with Crippen LogP contribution in [0.15, 0.2) is 60.7 Å². The Morgan fingerprint density at radius 3 is 2.14 bits per heavy atom. The van der Waals surface area contributed by atoms with E-state index in [1.165, 1.54) is 6.66 Å². The second-order valence-corrected chi connectivity index (χ2v) is 7.50. The van der Waals surface area contributed by atoms with Gasteiger partial charge in [0, 0.05) is 18.6 Å². The van der Waals surface area contributed by atoms with Gasteiger partial charge < -0.3 is 10.2 Å². The van der Waals surface area contributed by atoms with E-state index < -0.39 is 13.2 Å². The smallest absolute Gasteiger partial charge is 0.251 e. The van der Waals surface area contributed by atoms with Crippen molar-refractivity contribution in [2.45, 2.75) is 12.2 Å². The number of nitrogens with one attached hydrogen (secondary N) is 1. The molecule has 1 unspecified atom stereocenters. The summed E-state index contributed by atoms with van der Waals surface area (Å²) in [6.45, 7) is 1.27. The predicted octanol–water partition coefficient (Wildman–Crippen LogP) is 2.89. The van der Waals surface area contributed by atoms with E-state index in [0.717, 1.165) is 5.56 Å². The van der Waals surface area contributed by atoms with Crippen molar-refractivity contribution in [3.63, 3.8) is 0 Å². The largest absolute Gasteiger partial charge is 0.343 e. The highest BCUT2D eigenvalue weighted by molar-refractivity contribution is 7.57. The molecule has 2 atom stereocenters. The molecule has 2 aromatic carbocycles. The summed E-state index contributed by atoms with van der Waals surface area (Å²) in [6, 6.07) is 18.0. The summed E-state index contributed by atoms with van der Waals surface area (Å²) in [6.07, 6.45) is 0.323. The minimum Gasteiger partial charge on any atom is -0.343 e. The normalized spacial score (nSPS) is 15.0. The van der Waals surface area contributed by atoms with Gasteiger partial charge >= 0.3 is 0 Å². The van der Waals surface area contributed by atoms with Crippen molar-refractivity contribution < 1.29 is 14.3 Å². The maximum atomic E-state index is 12.1. The molecule has 0 bridgehead atoms. The van der Waals surface area contributed by atoms with Crippen LogP contribution >= 0.6 is 7.37 Å². The third-order valence-electron chi connectivity index (χ3n) is 3.18. The van der Waals surface area contributed by atoms with Gasteiger partial charge in [0.25, 0.3) is 5.91 Å². The van der Waals surface area contributed by atoms with Gasteiger partial charge in [-0.3, -0.25) is 9.36 Å². The fraction of sp³-hybridized carbons (Fsp3) is 0.188. The standard InChI is InChI=1S/C16H18NO3P/c1-21(19,20)15(12-13-8-4-2-5-9-13)17-16(18)14-10-6-3-7-11-14/h2-11,15H,12H2,1H3,(H,17,18)(H,19,20)/t15-/m0/s1. The average molecular weight is 303 g/mol. The number of hydrogen-bond acceptors (Lipinski definition) is 2. The van der Waals surface area contributed by atoms with Crippen LogP contribution in [0.4, 0.5) is 0 Å². The summed E-state index contributed by atoms with van der Waals surface area (Å²) in [7, 11) is -3.45. The lowest BCUT2D eigenvalue weighted by Crippen LogP contribution is -2.36. The fourth-order valence-corrected chi connectivity index (χ4v) is 2.91. The van der Waals surface area contributed by atoms with Crippen molar-refractivity contribution in [3.8, 4) is 0 Å². The van der Waals surface area contributed by atoms with Crippen LogP contribution in [0, 0.1) is 0 Å². The first-order valence-corrected chi connectivity index (χ1v) is 8.84. The van der Waals surface area contributed by atoms with Gasteiger partial charge in [0.15, 0.2) is 0 Å². The molecule has 0 aliphatic heterocycles. The molecule has 2 N–H and O–H groups in total. The van der Waals surface area contributed by atoms with Gasteiger partial charge in [-0.05, 0) is 17.7 Å². The molecule has 2 aromatic rings. The molecule has 1 amide bonds. The highest BCUT2D eigenvalue weighted by atomic mass is 31.2. The fourth-order valence-electron chi connectivity index (χ4n) is 2.00. The van der Waals surface area contributed by atoms with Gasteiger partial charge in [-0.1, -0.05) is 48.5 Å². The van der Waals surface area contributed by atoms with Crippen molar-refractivity contribution >= 4 is 13.3 Å². The maximum absolute atomic E-state index is 12.1. The molecule has 0 fully saturated rings. The van der Waals surface area contributed by atoms with Crippen LogP contribution < -0.4 is 5.32 Å². The first-order valence-electron chi connectivity index (χ1n) is 6.66. The van der Waals surface area contributed by atoms with Crippen LogP contribution in [0.1, 0.15) is 15.9 Å². The molecule has 110 valence electrons. The molecule has 0 aliphatic carbocycles. The summed E-state index contributed by atoms with van der Waals surface area (Å²) in [5, 5.41) is 2.67. The molecular weight excluding hydrogens is 285 g/mol. The van der Waals surface area contributed by atoms with Gasteiger partial charge in [-0.15, -0.1) is 0 Å². The molecule has 0 heterocycles. The Balaban J connectivity index is 2.14. The molecule has 4 nitrogen and oxygen atoms in total. The average Bonchev–Trinajstić information content (AvgIpc) is 2.47. The number of rotatable bonds is 5. The number of benzene rings is 2. The third kappa shape index (κ3) is 4.55. The Morgan fingerprint density at radius 1 is 1.10 bits per heavy atom. The molecule has 0 spiro atoms. The summed E-state index contributed by atoms with van der Waals surface area (Å²) in [5.41, 5.74) is 1.39. The highest BCUT2D eigenvalue weighted by Crippen LogP contribution is 2.41. The van der Waals surface area contributed by atoms with Crippen LogP contribution in [-0.4, -0.2) is 23.2 Å². The Kier molecular flexibility index (Phi) is 4.94. The van der Waals surface area contributed by atoms with Crippen LogP contribution in [0.25, 0.3) is 0 Å². The van der Waals surface area contributed by atoms with Gasteiger partial charge in [-0.2, -0.15) is 0 Å². The zero-order valence-corrected chi connectivity index (χ0v) is 12.7. The van der Waals surface area contributed by atoms with Crippen LogP contribution in [0.2, 0.25) is 0 Å². The van der Waals surface area contributed by atoms with Gasteiger partial charge in [0.1, 0.15) is 5.78 Å². The van der Waals surface area contributed by atoms with Gasteiger partial charge in [-0.25, -0.2) is 0 Å². The highest BCUT2D eigenvalue weighted by Gasteiger charge is 2.27. The first kappa shape index (κ1) is 15.5. The van der Waals surface area contributed by atoms with E-state index in [0.29, 0.717) is 12.0 Å². The van der Waals surface area contributed by atoms with E-state index in [-0.39, 0.29) is 5.91 Å². The molecule has 5 heteroatoms.